The zero-order valence-corrected chi connectivity index (χ0v) is 5.40. The Morgan fingerprint density at radius 3 is 2.75 bits per heavy atom. The third-order valence-electron chi connectivity index (χ3n) is 0.917. The zero-order chi connectivity index (χ0) is 5.98. The van der Waals surface area contributed by atoms with Gasteiger partial charge in [-0.2, -0.15) is 0 Å². The molecule has 0 saturated heterocycles. The van der Waals surface area contributed by atoms with E-state index in [2.05, 4.69) is 0 Å². The molecule has 0 amide bonds. The fourth-order valence-electron chi connectivity index (χ4n) is 0.561. The highest BCUT2D eigenvalue weighted by Crippen LogP contribution is 2.07. The van der Waals surface area contributed by atoms with Gasteiger partial charge in [0.05, 0.1) is 12.1 Å². The SMILES string of the molecule is Cc1coc(CCl)c1. The van der Waals surface area contributed by atoms with Crippen molar-refractivity contribution < 1.29 is 4.42 Å². The van der Waals surface area contributed by atoms with Crippen LogP contribution in [0.4, 0.5) is 0 Å². The van der Waals surface area contributed by atoms with Crippen molar-refractivity contribution in [1.29, 1.82) is 0 Å². The topological polar surface area (TPSA) is 13.1 Å². The normalized spacial score (nSPS) is 9.75. The number of halogens is 1. The van der Waals surface area contributed by atoms with Crippen molar-refractivity contribution >= 4 is 11.6 Å². The van der Waals surface area contributed by atoms with E-state index in [1.165, 1.54) is 0 Å². The molecule has 2 heteroatoms. The highest BCUT2D eigenvalue weighted by molar-refractivity contribution is 6.16. The Morgan fingerprint density at radius 1 is 1.75 bits per heavy atom. The van der Waals surface area contributed by atoms with Gasteiger partial charge in [-0.3, -0.25) is 0 Å². The van der Waals surface area contributed by atoms with Gasteiger partial charge in [-0.05, 0) is 18.6 Å². The minimum Gasteiger partial charge on any atom is -0.468 e. The fraction of sp³-hybridized carbons (Fsp3) is 0.333. The largest absolute Gasteiger partial charge is 0.468 e. The summed E-state index contributed by atoms with van der Waals surface area (Å²) in [6.45, 7) is 1.97. The Bertz CT molecular complexity index is 169. The molecule has 0 N–H and O–H groups in total. The summed E-state index contributed by atoms with van der Waals surface area (Å²) in [6, 6.07) is 1.92. The first-order valence-electron chi connectivity index (χ1n) is 2.43. The van der Waals surface area contributed by atoms with Gasteiger partial charge in [0.2, 0.25) is 0 Å². The lowest BCUT2D eigenvalue weighted by atomic mass is 10.4. The molecule has 1 aromatic rings. The van der Waals surface area contributed by atoms with E-state index in [9.17, 15) is 0 Å². The Balaban J connectivity index is 2.84. The molecule has 0 aliphatic heterocycles. The van der Waals surface area contributed by atoms with Crippen molar-refractivity contribution in [2.75, 3.05) is 0 Å². The average molecular weight is 131 g/mol. The third kappa shape index (κ3) is 1.04. The second kappa shape index (κ2) is 2.23. The van der Waals surface area contributed by atoms with Gasteiger partial charge in [-0.1, -0.05) is 0 Å². The van der Waals surface area contributed by atoms with E-state index in [0.29, 0.717) is 5.88 Å². The van der Waals surface area contributed by atoms with Crippen LogP contribution < -0.4 is 0 Å². The van der Waals surface area contributed by atoms with Crippen LogP contribution in [0, 0.1) is 6.92 Å². The van der Waals surface area contributed by atoms with Crippen molar-refractivity contribution in [2.45, 2.75) is 12.8 Å². The molecular formula is C6H7ClO. The van der Waals surface area contributed by atoms with Gasteiger partial charge in [0.1, 0.15) is 5.76 Å². The third-order valence-corrected chi connectivity index (χ3v) is 1.18. The maximum Gasteiger partial charge on any atom is 0.118 e. The Kier molecular flexibility index (Phi) is 1.59. The van der Waals surface area contributed by atoms with E-state index < -0.39 is 0 Å². The van der Waals surface area contributed by atoms with Crippen molar-refractivity contribution in [1.82, 2.24) is 0 Å². The zero-order valence-electron chi connectivity index (χ0n) is 4.65. The number of alkyl halides is 1. The maximum atomic E-state index is 5.45. The lowest BCUT2D eigenvalue weighted by Gasteiger charge is -1.77. The maximum absolute atomic E-state index is 5.45. The van der Waals surface area contributed by atoms with E-state index in [0.717, 1.165) is 11.3 Å². The molecule has 1 heterocycles. The molecular weight excluding hydrogens is 124 g/mol. The summed E-state index contributed by atoms with van der Waals surface area (Å²) in [5.41, 5.74) is 1.13. The molecule has 1 nitrogen and oxygen atoms in total. The minimum atomic E-state index is 0.466. The Morgan fingerprint density at radius 2 is 2.50 bits per heavy atom. The van der Waals surface area contributed by atoms with Gasteiger partial charge in [-0.15, -0.1) is 11.6 Å². The van der Waals surface area contributed by atoms with E-state index in [-0.39, 0.29) is 0 Å². The smallest absolute Gasteiger partial charge is 0.118 e. The van der Waals surface area contributed by atoms with Crippen molar-refractivity contribution in [2.24, 2.45) is 0 Å². The van der Waals surface area contributed by atoms with E-state index in [1.807, 2.05) is 13.0 Å². The highest BCUT2D eigenvalue weighted by atomic mass is 35.5. The first-order chi connectivity index (χ1) is 3.83. The molecule has 0 unspecified atom stereocenters. The monoisotopic (exact) mass is 130 g/mol. The van der Waals surface area contributed by atoms with E-state index in [1.54, 1.807) is 6.26 Å². The Labute approximate surface area is 53.3 Å². The van der Waals surface area contributed by atoms with Gasteiger partial charge in [-0.25, -0.2) is 0 Å². The van der Waals surface area contributed by atoms with E-state index in [4.69, 9.17) is 16.0 Å². The Hall–Kier alpha value is -0.430. The molecule has 1 rings (SSSR count). The summed E-state index contributed by atoms with van der Waals surface area (Å²) < 4.78 is 4.98. The quantitative estimate of drug-likeness (QED) is 0.532. The van der Waals surface area contributed by atoms with Crippen LogP contribution in [0.3, 0.4) is 0 Å². The summed E-state index contributed by atoms with van der Waals surface area (Å²) in [5, 5.41) is 0. The molecule has 8 heavy (non-hydrogen) atoms. The summed E-state index contributed by atoms with van der Waals surface area (Å²) >= 11 is 5.45. The standard InChI is InChI=1S/C6H7ClO/c1-5-2-6(3-7)8-4-5/h2,4H,3H2,1H3. The van der Waals surface area contributed by atoms with Gasteiger partial charge in [0.15, 0.2) is 0 Å². The molecule has 1 aromatic heterocycles. The number of hydrogen-bond acceptors (Lipinski definition) is 1. The molecule has 0 saturated carbocycles. The molecule has 0 bridgehead atoms. The van der Waals surface area contributed by atoms with E-state index >= 15 is 0 Å². The number of rotatable bonds is 1. The summed E-state index contributed by atoms with van der Waals surface area (Å²) in [5.74, 6) is 1.30. The average Bonchev–Trinajstić information content (AvgIpc) is 2.14. The van der Waals surface area contributed by atoms with Crippen molar-refractivity contribution in [3.05, 3.63) is 23.7 Å². The van der Waals surface area contributed by atoms with Gasteiger partial charge in [0, 0.05) is 0 Å². The number of aryl methyl sites for hydroxylation is 1. The lowest BCUT2D eigenvalue weighted by molar-refractivity contribution is 0.528. The van der Waals surface area contributed by atoms with Crippen LogP contribution in [0.5, 0.6) is 0 Å². The number of furan rings is 1. The van der Waals surface area contributed by atoms with Gasteiger partial charge < -0.3 is 4.42 Å². The van der Waals surface area contributed by atoms with Crippen LogP contribution in [-0.4, -0.2) is 0 Å². The molecule has 0 fully saturated rings. The van der Waals surface area contributed by atoms with Crippen LogP contribution in [0.2, 0.25) is 0 Å². The summed E-state index contributed by atoms with van der Waals surface area (Å²) in [6.07, 6.45) is 1.69. The van der Waals surface area contributed by atoms with Crippen LogP contribution in [-0.2, 0) is 5.88 Å². The second-order valence-corrected chi connectivity index (χ2v) is 1.99. The first kappa shape index (κ1) is 5.70. The molecule has 0 aliphatic rings. The highest BCUT2D eigenvalue weighted by Gasteiger charge is 1.92. The van der Waals surface area contributed by atoms with Gasteiger partial charge in [0.25, 0.3) is 0 Å². The van der Waals surface area contributed by atoms with Gasteiger partial charge >= 0.3 is 0 Å². The van der Waals surface area contributed by atoms with Crippen molar-refractivity contribution in [3.63, 3.8) is 0 Å². The molecule has 0 radical (unpaired) electrons. The second-order valence-electron chi connectivity index (χ2n) is 1.72. The molecule has 0 spiro atoms. The summed E-state index contributed by atoms with van der Waals surface area (Å²) in [7, 11) is 0. The molecule has 0 aromatic carbocycles. The van der Waals surface area contributed by atoms with Crippen LogP contribution in [0.25, 0.3) is 0 Å². The van der Waals surface area contributed by atoms with Crippen molar-refractivity contribution in [3.8, 4) is 0 Å². The minimum absolute atomic E-state index is 0.466. The predicted molar refractivity (Wildman–Crippen MR) is 33.0 cm³/mol. The molecule has 44 valence electrons. The van der Waals surface area contributed by atoms with Crippen LogP contribution in [0.15, 0.2) is 16.7 Å². The van der Waals surface area contributed by atoms with Crippen LogP contribution >= 0.6 is 11.6 Å². The predicted octanol–water partition coefficient (Wildman–Crippen LogP) is 2.33. The fourth-order valence-corrected chi connectivity index (χ4v) is 0.701. The van der Waals surface area contributed by atoms with Crippen LogP contribution in [0.1, 0.15) is 11.3 Å². The molecule has 0 aliphatic carbocycles. The summed E-state index contributed by atoms with van der Waals surface area (Å²) in [4.78, 5) is 0. The molecule has 0 atom stereocenters. The lowest BCUT2D eigenvalue weighted by Crippen LogP contribution is -1.64. The first-order valence-corrected chi connectivity index (χ1v) is 2.96. The number of hydrogen-bond donors (Lipinski definition) is 0.